The normalized spacial score (nSPS) is 14.0. The van der Waals surface area contributed by atoms with Gasteiger partial charge >= 0.3 is 15.6 Å². The molecule has 0 aliphatic heterocycles. The van der Waals surface area contributed by atoms with Gasteiger partial charge in [0.2, 0.25) is 0 Å². The molecule has 0 saturated carbocycles. The molecule has 0 spiro atoms. The molecule has 1 rings (SSSR count). The first kappa shape index (κ1) is 24.3. The van der Waals surface area contributed by atoms with E-state index in [0.717, 1.165) is 0 Å². The predicted octanol–water partition coefficient (Wildman–Crippen LogP) is 3.59. The zero-order valence-corrected chi connectivity index (χ0v) is 13.2. The van der Waals surface area contributed by atoms with Gasteiger partial charge in [0.25, 0.3) is 0 Å². The third kappa shape index (κ3) is 17.3. The Hall–Kier alpha value is -0.707. The summed E-state index contributed by atoms with van der Waals surface area (Å²) in [5.74, 6) is 0. The first-order chi connectivity index (χ1) is 8.66. The van der Waals surface area contributed by atoms with Crippen molar-refractivity contribution < 1.29 is 45.6 Å². The minimum atomic E-state index is -5.84. The van der Waals surface area contributed by atoms with E-state index in [0.29, 0.717) is 0 Å². The monoisotopic (exact) mass is 402 g/mol. The number of alkyl halides is 3. The van der Waals surface area contributed by atoms with E-state index in [1.54, 1.807) is 6.07 Å². The van der Waals surface area contributed by atoms with Gasteiger partial charge in [0.1, 0.15) is 0 Å². The van der Waals surface area contributed by atoms with Gasteiger partial charge in [0.05, 0.1) is 6.07 Å². The van der Waals surface area contributed by atoms with Crippen LogP contribution in [0.2, 0.25) is 0 Å². The molecular weight excluding hydrogens is 386 g/mol. The van der Waals surface area contributed by atoms with Gasteiger partial charge < -0.3 is 0 Å². The summed E-state index contributed by atoms with van der Waals surface area (Å²) < 4.78 is 57.5. The Balaban J connectivity index is -0.000000232. The van der Waals surface area contributed by atoms with Crippen LogP contribution in [0.5, 0.6) is 0 Å². The standard InChI is InChI=1S/C8H12.C2H3N.CHF3O3S.Rh/c1-2-4-6-8-7-5-3-1;1-2-3;2-1(3,4)8(5,6)7;/h1-4H,5-8H2;1H3;(H,5,6,7);. The number of hydrogen-bond acceptors (Lipinski definition) is 3. The molecular formula is C11H16F3NO3RhS. The fourth-order valence-corrected chi connectivity index (χ4v) is 0.874. The quantitative estimate of drug-likeness (QED) is 0.382. The fraction of sp³-hybridized carbons (Fsp3) is 0.545. The number of allylic oxidation sites excluding steroid dienone is 4. The molecule has 9 heteroatoms. The van der Waals surface area contributed by atoms with E-state index in [4.69, 9.17) is 18.2 Å². The Labute approximate surface area is 129 Å². The second-order valence-electron chi connectivity index (χ2n) is 3.29. The van der Waals surface area contributed by atoms with Gasteiger partial charge in [-0.05, 0) is 25.7 Å². The molecule has 0 unspecified atom stereocenters. The number of hydrogen-bond donors (Lipinski definition) is 1. The molecule has 4 nitrogen and oxygen atoms in total. The Morgan fingerprint density at radius 3 is 1.60 bits per heavy atom. The van der Waals surface area contributed by atoms with Crippen molar-refractivity contribution in [1.29, 1.82) is 5.26 Å². The van der Waals surface area contributed by atoms with E-state index in [9.17, 15) is 13.2 Å². The summed E-state index contributed by atoms with van der Waals surface area (Å²) in [5.41, 5.74) is -5.53. The second kappa shape index (κ2) is 13.3. The van der Waals surface area contributed by atoms with E-state index in [1.807, 2.05) is 0 Å². The maximum atomic E-state index is 10.7. The van der Waals surface area contributed by atoms with Crippen molar-refractivity contribution in [2.24, 2.45) is 0 Å². The Morgan fingerprint density at radius 1 is 1.15 bits per heavy atom. The number of halogens is 3. The SMILES string of the molecule is C1=CCCCCC=C1.CC#N.O=S(=O)(O)C(F)(F)F.[Rh]. The number of nitrogens with zero attached hydrogens (tertiary/aromatic N) is 1. The zero-order valence-electron chi connectivity index (χ0n) is 10.7. The van der Waals surface area contributed by atoms with Crippen molar-refractivity contribution in [3.05, 3.63) is 24.3 Å². The van der Waals surface area contributed by atoms with E-state index in [1.165, 1.54) is 32.6 Å². The van der Waals surface area contributed by atoms with Crippen LogP contribution in [0, 0.1) is 11.3 Å². The minimum Gasteiger partial charge on any atom is -0.279 e. The van der Waals surface area contributed by atoms with Gasteiger partial charge in [0.15, 0.2) is 0 Å². The Kier molecular flexibility index (Phi) is 16.2. The van der Waals surface area contributed by atoms with Crippen LogP contribution in [0.25, 0.3) is 0 Å². The second-order valence-corrected chi connectivity index (χ2v) is 4.70. The minimum absolute atomic E-state index is 0. The van der Waals surface area contributed by atoms with Crippen molar-refractivity contribution >= 4 is 10.1 Å². The van der Waals surface area contributed by atoms with E-state index in [2.05, 4.69) is 24.3 Å². The first-order valence-electron chi connectivity index (χ1n) is 5.33. The Bertz CT molecular complexity index is 411. The van der Waals surface area contributed by atoms with Crippen LogP contribution in [-0.2, 0) is 29.6 Å². The van der Waals surface area contributed by atoms with Crippen LogP contribution in [-0.4, -0.2) is 18.5 Å². The van der Waals surface area contributed by atoms with Crippen molar-refractivity contribution in [1.82, 2.24) is 0 Å². The molecule has 119 valence electrons. The summed E-state index contributed by atoms with van der Waals surface area (Å²) in [6.07, 6.45) is 14.0. The summed E-state index contributed by atoms with van der Waals surface area (Å²) in [7, 11) is -5.84. The van der Waals surface area contributed by atoms with Crippen LogP contribution < -0.4 is 0 Å². The fourth-order valence-electron chi connectivity index (χ4n) is 0.874. The third-order valence-corrected chi connectivity index (χ3v) is 2.25. The first-order valence-corrected chi connectivity index (χ1v) is 6.77. The number of rotatable bonds is 0. The van der Waals surface area contributed by atoms with Crippen LogP contribution in [0.1, 0.15) is 32.6 Å². The molecule has 0 aromatic carbocycles. The van der Waals surface area contributed by atoms with Gasteiger partial charge in [-0.2, -0.15) is 26.9 Å². The summed E-state index contributed by atoms with van der Waals surface area (Å²) in [6.45, 7) is 1.43. The molecule has 20 heavy (non-hydrogen) atoms. The molecule has 0 heterocycles. The summed E-state index contributed by atoms with van der Waals surface area (Å²) in [5, 5.41) is 7.32. The molecule has 1 radical (unpaired) electrons. The van der Waals surface area contributed by atoms with Crippen LogP contribution in [0.4, 0.5) is 13.2 Å². The smallest absolute Gasteiger partial charge is 0.279 e. The van der Waals surface area contributed by atoms with Gasteiger partial charge in [-0.25, -0.2) is 0 Å². The van der Waals surface area contributed by atoms with Crippen LogP contribution >= 0.6 is 0 Å². The molecule has 0 saturated heterocycles. The largest absolute Gasteiger partial charge is 0.522 e. The van der Waals surface area contributed by atoms with E-state index >= 15 is 0 Å². The molecule has 0 amide bonds. The molecule has 0 atom stereocenters. The molecule has 1 aliphatic rings. The molecule has 0 aromatic heterocycles. The zero-order chi connectivity index (χ0) is 15.4. The van der Waals surface area contributed by atoms with Crippen molar-refractivity contribution in [2.75, 3.05) is 0 Å². The topological polar surface area (TPSA) is 78.2 Å². The Morgan fingerprint density at radius 2 is 1.40 bits per heavy atom. The third-order valence-electron chi connectivity index (χ3n) is 1.67. The predicted molar refractivity (Wildman–Crippen MR) is 65.6 cm³/mol. The maximum Gasteiger partial charge on any atom is 0.522 e. The molecule has 0 aromatic rings. The van der Waals surface area contributed by atoms with Crippen LogP contribution in [0.3, 0.4) is 0 Å². The summed E-state index contributed by atoms with van der Waals surface area (Å²) in [4.78, 5) is 0. The number of nitriles is 1. The van der Waals surface area contributed by atoms with Gasteiger partial charge in [-0.1, -0.05) is 24.3 Å². The maximum absolute atomic E-state index is 10.7. The summed E-state index contributed by atoms with van der Waals surface area (Å²) >= 11 is 0. The van der Waals surface area contributed by atoms with Gasteiger partial charge in [0, 0.05) is 26.4 Å². The van der Waals surface area contributed by atoms with E-state index < -0.39 is 15.6 Å². The molecule has 0 fully saturated rings. The molecule has 1 N–H and O–H groups in total. The average Bonchev–Trinajstić information content (AvgIpc) is 2.14. The van der Waals surface area contributed by atoms with Gasteiger partial charge in [-0.3, -0.25) is 4.55 Å². The van der Waals surface area contributed by atoms with Crippen molar-refractivity contribution in [3.63, 3.8) is 0 Å². The van der Waals surface area contributed by atoms with Crippen molar-refractivity contribution in [3.8, 4) is 6.07 Å². The van der Waals surface area contributed by atoms with E-state index in [-0.39, 0.29) is 19.5 Å². The molecule has 1 aliphatic carbocycles. The van der Waals surface area contributed by atoms with Crippen molar-refractivity contribution in [2.45, 2.75) is 38.1 Å². The summed E-state index contributed by atoms with van der Waals surface area (Å²) in [6, 6.07) is 1.75. The van der Waals surface area contributed by atoms with Gasteiger partial charge in [-0.15, -0.1) is 0 Å². The van der Waals surface area contributed by atoms with Crippen LogP contribution in [0.15, 0.2) is 24.3 Å². The molecule has 0 bridgehead atoms. The average molecular weight is 402 g/mol.